The predicted molar refractivity (Wildman–Crippen MR) is 122 cm³/mol. The van der Waals surface area contributed by atoms with E-state index in [2.05, 4.69) is 10.9 Å². The first-order valence-corrected chi connectivity index (χ1v) is 10.9. The SMILES string of the molecule is O=C(COC(=O)c1cccc(N2C(=O)[C@H]3CC=CC[C@@H]3C2=O)c1)NNC(=O)c1ccccc1Cl. The number of ether oxygens (including phenoxy) is 1. The van der Waals surface area contributed by atoms with Gasteiger partial charge in [0.15, 0.2) is 6.61 Å². The molecular formula is C24H20ClN3O6. The highest BCUT2D eigenvalue weighted by Crippen LogP contribution is 2.37. The van der Waals surface area contributed by atoms with Crippen molar-refractivity contribution >= 4 is 46.9 Å². The van der Waals surface area contributed by atoms with Gasteiger partial charge in [0.25, 0.3) is 11.8 Å². The minimum Gasteiger partial charge on any atom is -0.452 e. The van der Waals surface area contributed by atoms with Gasteiger partial charge in [-0.1, -0.05) is 42.0 Å². The van der Waals surface area contributed by atoms with Crippen molar-refractivity contribution < 1.29 is 28.7 Å². The third-order valence-electron chi connectivity index (χ3n) is 5.62. The number of hydrogen-bond acceptors (Lipinski definition) is 6. The summed E-state index contributed by atoms with van der Waals surface area (Å²) >= 11 is 5.93. The predicted octanol–water partition coefficient (Wildman–Crippen LogP) is 2.41. The van der Waals surface area contributed by atoms with Crippen molar-refractivity contribution in [2.75, 3.05) is 11.5 Å². The van der Waals surface area contributed by atoms with Crippen LogP contribution < -0.4 is 15.8 Å². The Hall–Kier alpha value is -3.98. The van der Waals surface area contributed by atoms with Crippen LogP contribution >= 0.6 is 11.6 Å². The average molecular weight is 482 g/mol. The Balaban J connectivity index is 1.33. The molecule has 1 aliphatic carbocycles. The van der Waals surface area contributed by atoms with Gasteiger partial charge < -0.3 is 4.74 Å². The minimum absolute atomic E-state index is 0.0685. The van der Waals surface area contributed by atoms with E-state index in [0.29, 0.717) is 12.8 Å². The Morgan fingerprint density at radius 2 is 1.62 bits per heavy atom. The minimum atomic E-state index is -0.826. The molecule has 1 heterocycles. The van der Waals surface area contributed by atoms with E-state index in [1.165, 1.54) is 30.3 Å². The first kappa shape index (κ1) is 23.2. The van der Waals surface area contributed by atoms with Crippen LogP contribution in [0.2, 0.25) is 5.02 Å². The molecule has 4 amide bonds. The van der Waals surface area contributed by atoms with E-state index < -0.39 is 36.2 Å². The normalized spacial score (nSPS) is 18.9. The molecule has 2 N–H and O–H groups in total. The molecule has 0 bridgehead atoms. The number of amides is 4. The number of imide groups is 1. The van der Waals surface area contributed by atoms with Gasteiger partial charge in [0.2, 0.25) is 11.8 Å². The lowest BCUT2D eigenvalue weighted by molar-refractivity contribution is -0.125. The number of rotatable bonds is 5. The number of esters is 1. The topological polar surface area (TPSA) is 122 Å². The van der Waals surface area contributed by atoms with Crippen molar-refractivity contribution in [3.05, 3.63) is 76.8 Å². The van der Waals surface area contributed by atoms with Crippen molar-refractivity contribution in [3.8, 4) is 0 Å². The Morgan fingerprint density at radius 3 is 2.29 bits per heavy atom. The number of allylic oxidation sites excluding steroid dienone is 2. The highest BCUT2D eigenvalue weighted by atomic mass is 35.5. The van der Waals surface area contributed by atoms with Crippen LogP contribution in [-0.4, -0.2) is 36.2 Å². The Bertz CT molecular complexity index is 1180. The van der Waals surface area contributed by atoms with Gasteiger partial charge in [-0.15, -0.1) is 0 Å². The molecule has 1 aliphatic heterocycles. The Morgan fingerprint density at radius 1 is 0.941 bits per heavy atom. The van der Waals surface area contributed by atoms with Crippen molar-refractivity contribution in [2.24, 2.45) is 11.8 Å². The van der Waals surface area contributed by atoms with E-state index in [9.17, 15) is 24.0 Å². The summed E-state index contributed by atoms with van der Waals surface area (Å²) in [6.45, 7) is -0.663. The van der Waals surface area contributed by atoms with Crippen molar-refractivity contribution in [3.63, 3.8) is 0 Å². The molecule has 4 rings (SSSR count). The molecule has 2 aromatic carbocycles. The number of anilines is 1. The lowest BCUT2D eigenvalue weighted by Crippen LogP contribution is -2.43. The maximum absolute atomic E-state index is 12.8. The van der Waals surface area contributed by atoms with Crippen molar-refractivity contribution in [1.82, 2.24) is 10.9 Å². The number of fused-ring (bicyclic) bond motifs is 1. The van der Waals surface area contributed by atoms with Gasteiger partial charge in [0.1, 0.15) is 0 Å². The zero-order valence-corrected chi connectivity index (χ0v) is 18.6. The van der Waals surface area contributed by atoms with E-state index in [0.717, 1.165) is 4.90 Å². The smallest absolute Gasteiger partial charge is 0.338 e. The molecule has 0 spiro atoms. The molecule has 2 atom stereocenters. The molecule has 2 aromatic rings. The quantitative estimate of drug-likeness (QED) is 0.293. The van der Waals surface area contributed by atoms with Crippen LogP contribution in [0.15, 0.2) is 60.7 Å². The number of halogens is 1. The van der Waals surface area contributed by atoms with Crippen LogP contribution in [0.25, 0.3) is 0 Å². The lowest BCUT2D eigenvalue weighted by atomic mass is 9.85. The summed E-state index contributed by atoms with van der Waals surface area (Å²) in [5, 5.41) is 0.214. The second kappa shape index (κ2) is 9.88. The molecule has 0 aromatic heterocycles. The number of carbonyl (C=O) groups is 5. The summed E-state index contributed by atoms with van der Waals surface area (Å²) in [6.07, 6.45) is 4.81. The summed E-state index contributed by atoms with van der Waals surface area (Å²) < 4.78 is 4.99. The second-order valence-corrected chi connectivity index (χ2v) is 8.18. The monoisotopic (exact) mass is 481 g/mol. The van der Waals surface area contributed by atoms with E-state index in [4.69, 9.17) is 16.3 Å². The van der Waals surface area contributed by atoms with E-state index in [1.807, 2.05) is 12.2 Å². The second-order valence-electron chi connectivity index (χ2n) is 7.78. The Kier molecular flexibility index (Phi) is 6.74. The fraction of sp³-hybridized carbons (Fsp3) is 0.208. The zero-order chi connectivity index (χ0) is 24.2. The maximum Gasteiger partial charge on any atom is 0.338 e. The molecule has 34 heavy (non-hydrogen) atoms. The molecular weight excluding hydrogens is 462 g/mol. The van der Waals surface area contributed by atoms with Crippen LogP contribution in [-0.2, 0) is 19.1 Å². The number of carbonyl (C=O) groups excluding carboxylic acids is 5. The maximum atomic E-state index is 12.8. The third-order valence-corrected chi connectivity index (χ3v) is 5.95. The van der Waals surface area contributed by atoms with Crippen LogP contribution in [0, 0.1) is 11.8 Å². The van der Waals surface area contributed by atoms with Gasteiger partial charge in [0, 0.05) is 0 Å². The van der Waals surface area contributed by atoms with Gasteiger partial charge in [0.05, 0.1) is 33.7 Å². The largest absolute Gasteiger partial charge is 0.452 e. The Labute approximate surface area is 199 Å². The number of nitrogens with zero attached hydrogens (tertiary/aromatic N) is 1. The molecule has 174 valence electrons. The van der Waals surface area contributed by atoms with Gasteiger partial charge in [-0.25, -0.2) is 4.79 Å². The molecule has 0 unspecified atom stereocenters. The van der Waals surface area contributed by atoms with Crippen LogP contribution in [0.5, 0.6) is 0 Å². The number of nitrogens with one attached hydrogen (secondary N) is 2. The van der Waals surface area contributed by atoms with E-state index in [-0.39, 0.29) is 33.7 Å². The number of hydrazine groups is 1. The lowest BCUT2D eigenvalue weighted by Gasteiger charge is -2.15. The van der Waals surface area contributed by atoms with E-state index >= 15 is 0 Å². The molecule has 1 saturated heterocycles. The third kappa shape index (κ3) is 4.69. The summed E-state index contributed by atoms with van der Waals surface area (Å²) in [5.74, 6) is -3.60. The summed E-state index contributed by atoms with van der Waals surface area (Å²) in [4.78, 5) is 63.1. The summed E-state index contributed by atoms with van der Waals surface area (Å²) in [7, 11) is 0. The highest BCUT2D eigenvalue weighted by Gasteiger charge is 2.47. The molecule has 10 heteroatoms. The molecule has 0 radical (unpaired) electrons. The van der Waals surface area contributed by atoms with Crippen LogP contribution in [0.4, 0.5) is 5.69 Å². The molecule has 0 saturated carbocycles. The summed E-state index contributed by atoms with van der Waals surface area (Å²) in [6, 6.07) is 12.2. The average Bonchev–Trinajstić information content (AvgIpc) is 3.11. The number of hydrogen-bond donors (Lipinski definition) is 2. The standard InChI is InChI=1S/C24H20ClN3O6/c25-19-11-4-3-10-18(19)21(30)27-26-20(29)13-34-24(33)14-6-5-7-15(12-14)28-22(31)16-8-1-2-9-17(16)23(28)32/h1-7,10-12,16-17H,8-9,13H2,(H,26,29)(H,27,30)/t16-,17-/m0/s1. The van der Waals surface area contributed by atoms with Crippen LogP contribution in [0.1, 0.15) is 33.6 Å². The van der Waals surface area contributed by atoms with Crippen molar-refractivity contribution in [1.29, 1.82) is 0 Å². The van der Waals surface area contributed by atoms with Crippen molar-refractivity contribution in [2.45, 2.75) is 12.8 Å². The van der Waals surface area contributed by atoms with E-state index in [1.54, 1.807) is 18.2 Å². The molecule has 9 nitrogen and oxygen atoms in total. The number of benzene rings is 2. The van der Waals surface area contributed by atoms with Gasteiger partial charge in [-0.05, 0) is 43.2 Å². The first-order valence-electron chi connectivity index (χ1n) is 10.5. The fourth-order valence-corrected chi connectivity index (χ4v) is 4.14. The van der Waals surface area contributed by atoms with Gasteiger partial charge in [-0.2, -0.15) is 0 Å². The first-order chi connectivity index (χ1) is 16.4. The molecule has 1 fully saturated rings. The fourth-order valence-electron chi connectivity index (χ4n) is 3.92. The van der Waals surface area contributed by atoms with Crippen LogP contribution in [0.3, 0.4) is 0 Å². The zero-order valence-electron chi connectivity index (χ0n) is 17.8. The highest BCUT2D eigenvalue weighted by molar-refractivity contribution is 6.33. The van der Waals surface area contributed by atoms with Gasteiger partial charge in [-0.3, -0.25) is 34.9 Å². The van der Waals surface area contributed by atoms with Gasteiger partial charge >= 0.3 is 5.97 Å². The summed E-state index contributed by atoms with van der Waals surface area (Å²) in [5.41, 5.74) is 4.82. The molecule has 2 aliphatic rings.